The zero-order valence-corrected chi connectivity index (χ0v) is 9.53. The summed E-state index contributed by atoms with van der Waals surface area (Å²) in [5, 5.41) is 0.221. The number of nitrogens with two attached hydrogens (primary N) is 1. The molecular weight excluding hydrogens is 208 g/mol. The third kappa shape index (κ3) is 2.71. The maximum atomic E-state index is 6.22. The molecule has 0 bridgehead atoms. The van der Waals surface area contributed by atoms with Gasteiger partial charge in [-0.2, -0.15) is 0 Å². The van der Waals surface area contributed by atoms with E-state index in [1.165, 1.54) is 5.56 Å². The van der Waals surface area contributed by atoms with E-state index in [-0.39, 0.29) is 5.38 Å². The van der Waals surface area contributed by atoms with Crippen molar-refractivity contribution < 1.29 is 0 Å². The molecule has 0 aromatic heterocycles. The van der Waals surface area contributed by atoms with E-state index in [1.54, 1.807) is 0 Å². The first-order valence-electron chi connectivity index (χ1n) is 5.40. The van der Waals surface area contributed by atoms with Crippen LogP contribution < -0.4 is 5.73 Å². The van der Waals surface area contributed by atoms with Crippen LogP contribution in [0.15, 0.2) is 30.3 Å². The molecule has 2 atom stereocenters. The van der Waals surface area contributed by atoms with Gasteiger partial charge in [-0.1, -0.05) is 30.3 Å². The van der Waals surface area contributed by atoms with Gasteiger partial charge >= 0.3 is 0 Å². The molecule has 1 aliphatic heterocycles. The number of hydrogen-bond donors (Lipinski definition) is 1. The average Bonchev–Trinajstić information content (AvgIpc) is 2.60. The Kier molecular flexibility index (Phi) is 3.62. The molecule has 1 aromatic rings. The van der Waals surface area contributed by atoms with E-state index < -0.39 is 0 Å². The van der Waals surface area contributed by atoms with Gasteiger partial charge in [0.1, 0.15) is 0 Å². The summed E-state index contributed by atoms with van der Waals surface area (Å²) in [5.74, 6) is 0.454. The zero-order valence-electron chi connectivity index (χ0n) is 8.77. The standard InChI is InChI=1S/C12H17ClN2/c13-12-9-15(8-11(12)6-14)7-10-4-2-1-3-5-10/h1-5,11-12H,6-9,14H2/t11-,12+/m1/s1. The Balaban J connectivity index is 1.92. The van der Waals surface area contributed by atoms with E-state index in [2.05, 4.69) is 29.2 Å². The summed E-state index contributed by atoms with van der Waals surface area (Å²) < 4.78 is 0. The predicted octanol–water partition coefficient (Wildman–Crippen LogP) is 1.68. The fourth-order valence-corrected chi connectivity index (χ4v) is 2.49. The smallest absolute Gasteiger partial charge is 0.0515 e. The maximum Gasteiger partial charge on any atom is 0.0515 e. The lowest BCUT2D eigenvalue weighted by Crippen LogP contribution is -2.23. The Morgan fingerprint density at radius 2 is 2.00 bits per heavy atom. The number of hydrogen-bond acceptors (Lipinski definition) is 2. The second-order valence-corrected chi connectivity index (χ2v) is 4.75. The number of likely N-dealkylation sites (tertiary alicyclic amines) is 1. The van der Waals surface area contributed by atoms with Crippen LogP contribution in [0.25, 0.3) is 0 Å². The molecule has 82 valence electrons. The van der Waals surface area contributed by atoms with Gasteiger partial charge in [0.25, 0.3) is 0 Å². The Hall–Kier alpha value is -0.570. The van der Waals surface area contributed by atoms with Crippen molar-refractivity contribution in [1.82, 2.24) is 4.90 Å². The number of benzene rings is 1. The molecule has 1 aliphatic rings. The number of rotatable bonds is 3. The third-order valence-electron chi connectivity index (χ3n) is 2.99. The van der Waals surface area contributed by atoms with Gasteiger partial charge in [-0.3, -0.25) is 4.90 Å². The molecule has 0 spiro atoms. The van der Waals surface area contributed by atoms with Gasteiger partial charge < -0.3 is 5.73 Å². The molecule has 15 heavy (non-hydrogen) atoms. The lowest BCUT2D eigenvalue weighted by molar-refractivity contribution is 0.318. The highest BCUT2D eigenvalue weighted by Gasteiger charge is 2.29. The first kappa shape index (κ1) is 10.9. The van der Waals surface area contributed by atoms with Crippen LogP contribution in [-0.2, 0) is 6.54 Å². The van der Waals surface area contributed by atoms with Crippen LogP contribution in [0.1, 0.15) is 5.56 Å². The zero-order chi connectivity index (χ0) is 10.7. The van der Waals surface area contributed by atoms with Gasteiger partial charge in [-0.15, -0.1) is 11.6 Å². The van der Waals surface area contributed by atoms with Gasteiger partial charge in [0.15, 0.2) is 0 Å². The summed E-state index contributed by atoms with van der Waals surface area (Å²) in [5.41, 5.74) is 7.02. The van der Waals surface area contributed by atoms with Gasteiger partial charge in [0, 0.05) is 25.6 Å². The summed E-state index contributed by atoms with van der Waals surface area (Å²) in [6.07, 6.45) is 0. The summed E-state index contributed by atoms with van der Waals surface area (Å²) in [7, 11) is 0. The van der Waals surface area contributed by atoms with Crippen molar-refractivity contribution in [1.29, 1.82) is 0 Å². The molecule has 2 nitrogen and oxygen atoms in total. The van der Waals surface area contributed by atoms with Crippen molar-refractivity contribution in [2.24, 2.45) is 11.7 Å². The Morgan fingerprint density at radius 3 is 2.60 bits per heavy atom. The topological polar surface area (TPSA) is 29.3 Å². The van der Waals surface area contributed by atoms with E-state index in [0.29, 0.717) is 12.5 Å². The van der Waals surface area contributed by atoms with Crippen LogP contribution in [0.2, 0.25) is 0 Å². The molecule has 0 radical (unpaired) electrons. The number of halogens is 1. The van der Waals surface area contributed by atoms with E-state index >= 15 is 0 Å². The Labute approximate surface area is 96.0 Å². The highest BCUT2D eigenvalue weighted by molar-refractivity contribution is 6.21. The van der Waals surface area contributed by atoms with Gasteiger partial charge in [-0.25, -0.2) is 0 Å². The predicted molar refractivity (Wildman–Crippen MR) is 63.9 cm³/mol. The van der Waals surface area contributed by atoms with Gasteiger partial charge in [0.05, 0.1) is 5.38 Å². The van der Waals surface area contributed by atoms with Crippen molar-refractivity contribution in [2.45, 2.75) is 11.9 Å². The van der Waals surface area contributed by atoms with E-state index in [0.717, 1.165) is 19.6 Å². The van der Waals surface area contributed by atoms with Crippen molar-refractivity contribution in [2.75, 3.05) is 19.6 Å². The lowest BCUT2D eigenvalue weighted by atomic mass is 10.1. The van der Waals surface area contributed by atoms with Crippen LogP contribution in [-0.4, -0.2) is 29.9 Å². The number of nitrogens with zero attached hydrogens (tertiary/aromatic N) is 1. The molecule has 0 saturated carbocycles. The molecule has 3 heteroatoms. The molecule has 0 aliphatic carbocycles. The molecule has 2 rings (SSSR count). The first-order chi connectivity index (χ1) is 7.29. The van der Waals surface area contributed by atoms with E-state index in [1.807, 2.05) is 6.07 Å². The molecule has 1 saturated heterocycles. The summed E-state index contributed by atoms with van der Waals surface area (Å²) in [6.45, 7) is 3.66. The largest absolute Gasteiger partial charge is 0.330 e. The quantitative estimate of drug-likeness (QED) is 0.792. The van der Waals surface area contributed by atoms with Gasteiger partial charge in [-0.05, 0) is 12.1 Å². The molecule has 0 amide bonds. The second kappa shape index (κ2) is 4.97. The molecule has 1 heterocycles. The maximum absolute atomic E-state index is 6.22. The third-order valence-corrected chi connectivity index (χ3v) is 3.48. The van der Waals surface area contributed by atoms with Gasteiger partial charge in [0.2, 0.25) is 0 Å². The van der Waals surface area contributed by atoms with Crippen molar-refractivity contribution in [3.8, 4) is 0 Å². The molecule has 0 unspecified atom stereocenters. The second-order valence-electron chi connectivity index (χ2n) is 4.19. The minimum absolute atomic E-state index is 0.221. The van der Waals surface area contributed by atoms with Crippen LogP contribution in [0.3, 0.4) is 0 Å². The molecule has 2 N–H and O–H groups in total. The minimum Gasteiger partial charge on any atom is -0.330 e. The van der Waals surface area contributed by atoms with E-state index in [9.17, 15) is 0 Å². The highest BCUT2D eigenvalue weighted by Crippen LogP contribution is 2.22. The Morgan fingerprint density at radius 1 is 1.27 bits per heavy atom. The SMILES string of the molecule is NC[C@@H]1CN(Cc2ccccc2)C[C@@H]1Cl. The number of alkyl halides is 1. The normalized spacial score (nSPS) is 27.1. The molecule has 1 aromatic carbocycles. The summed E-state index contributed by atoms with van der Waals surface area (Å²) in [6, 6.07) is 10.5. The van der Waals surface area contributed by atoms with Crippen LogP contribution in [0.4, 0.5) is 0 Å². The van der Waals surface area contributed by atoms with Crippen molar-refractivity contribution >= 4 is 11.6 Å². The van der Waals surface area contributed by atoms with E-state index in [4.69, 9.17) is 17.3 Å². The first-order valence-corrected chi connectivity index (χ1v) is 5.83. The molecule has 1 fully saturated rings. The lowest BCUT2D eigenvalue weighted by Gasteiger charge is -2.15. The fourth-order valence-electron chi connectivity index (χ4n) is 2.11. The minimum atomic E-state index is 0.221. The van der Waals surface area contributed by atoms with Crippen molar-refractivity contribution in [3.05, 3.63) is 35.9 Å². The van der Waals surface area contributed by atoms with Crippen LogP contribution >= 0.6 is 11.6 Å². The van der Waals surface area contributed by atoms with Crippen LogP contribution in [0.5, 0.6) is 0 Å². The Bertz CT molecular complexity index is 302. The van der Waals surface area contributed by atoms with Crippen LogP contribution in [0, 0.1) is 5.92 Å². The average molecular weight is 225 g/mol. The highest BCUT2D eigenvalue weighted by atomic mass is 35.5. The molecular formula is C12H17ClN2. The summed E-state index contributed by atoms with van der Waals surface area (Å²) in [4.78, 5) is 2.38. The van der Waals surface area contributed by atoms with Crippen molar-refractivity contribution in [3.63, 3.8) is 0 Å². The fraction of sp³-hybridized carbons (Fsp3) is 0.500. The summed E-state index contributed by atoms with van der Waals surface area (Å²) >= 11 is 6.22. The monoisotopic (exact) mass is 224 g/mol.